The van der Waals surface area contributed by atoms with Crippen LogP contribution in [0.4, 0.5) is 0 Å². The average molecular weight is 460 g/mol. The molecule has 0 spiro atoms. The molecular formula is C26H25N3O3S. The number of hydrogen-bond donors (Lipinski definition) is 0. The van der Waals surface area contributed by atoms with Crippen molar-refractivity contribution >= 4 is 17.5 Å². The zero-order valence-corrected chi connectivity index (χ0v) is 19.4. The Kier molecular flexibility index (Phi) is 7.42. The van der Waals surface area contributed by atoms with E-state index in [4.69, 9.17) is 9.47 Å². The predicted octanol–water partition coefficient (Wildman–Crippen LogP) is 5.20. The molecule has 1 heterocycles. The first-order valence-corrected chi connectivity index (χ1v) is 11.6. The number of carbonyl (C=O) groups excluding carboxylic acids is 1. The number of nitrogens with zero attached hydrogens (tertiary/aromatic N) is 3. The first kappa shape index (κ1) is 22.6. The smallest absolute Gasteiger partial charge is 0.192 e. The van der Waals surface area contributed by atoms with Crippen LogP contribution in [-0.4, -0.2) is 33.4 Å². The van der Waals surface area contributed by atoms with Gasteiger partial charge in [0.25, 0.3) is 0 Å². The van der Waals surface area contributed by atoms with Crippen molar-refractivity contribution in [3.63, 3.8) is 0 Å². The largest absolute Gasteiger partial charge is 0.497 e. The second-order valence-corrected chi connectivity index (χ2v) is 8.46. The number of ketones is 1. The number of aromatic nitrogens is 3. The molecule has 0 unspecified atom stereocenters. The van der Waals surface area contributed by atoms with Crippen LogP contribution in [0.3, 0.4) is 0 Å². The van der Waals surface area contributed by atoms with Crippen molar-refractivity contribution in [1.29, 1.82) is 0 Å². The Labute approximate surface area is 197 Å². The Bertz CT molecular complexity index is 1190. The average Bonchev–Trinajstić information content (AvgIpc) is 3.24. The van der Waals surface area contributed by atoms with Crippen molar-refractivity contribution in [2.75, 3.05) is 12.9 Å². The van der Waals surface area contributed by atoms with Crippen molar-refractivity contribution in [2.45, 2.75) is 25.2 Å². The Hall–Kier alpha value is -3.58. The molecule has 0 fully saturated rings. The first-order valence-electron chi connectivity index (χ1n) is 10.6. The number of aryl methyl sites for hydroxylation is 1. The van der Waals surface area contributed by atoms with Gasteiger partial charge in [-0.25, -0.2) is 0 Å². The van der Waals surface area contributed by atoms with Crippen LogP contribution in [-0.2, 0) is 13.2 Å². The fourth-order valence-corrected chi connectivity index (χ4v) is 4.08. The predicted molar refractivity (Wildman–Crippen MR) is 129 cm³/mol. The second kappa shape index (κ2) is 10.8. The van der Waals surface area contributed by atoms with E-state index >= 15 is 0 Å². The zero-order valence-electron chi connectivity index (χ0n) is 18.6. The van der Waals surface area contributed by atoms with Crippen molar-refractivity contribution in [3.8, 4) is 11.5 Å². The van der Waals surface area contributed by atoms with E-state index in [2.05, 4.69) is 22.3 Å². The highest BCUT2D eigenvalue weighted by Crippen LogP contribution is 2.22. The first-order chi connectivity index (χ1) is 16.1. The van der Waals surface area contributed by atoms with Gasteiger partial charge in [-0.2, -0.15) is 0 Å². The summed E-state index contributed by atoms with van der Waals surface area (Å²) in [7, 11) is 1.60. The molecule has 0 saturated heterocycles. The fraction of sp³-hybridized carbons (Fsp3) is 0.192. The molecule has 33 heavy (non-hydrogen) atoms. The monoisotopic (exact) mass is 459 g/mol. The Morgan fingerprint density at radius 1 is 0.909 bits per heavy atom. The minimum absolute atomic E-state index is 0.0226. The molecule has 0 amide bonds. The molecule has 0 N–H and O–H groups in total. The molecule has 0 bridgehead atoms. The molecule has 4 rings (SSSR count). The van der Waals surface area contributed by atoms with E-state index in [1.165, 1.54) is 17.3 Å². The van der Waals surface area contributed by atoms with E-state index in [9.17, 15) is 4.79 Å². The van der Waals surface area contributed by atoms with Crippen molar-refractivity contribution in [1.82, 2.24) is 14.8 Å². The second-order valence-electron chi connectivity index (χ2n) is 7.51. The van der Waals surface area contributed by atoms with Gasteiger partial charge in [0.1, 0.15) is 18.1 Å². The summed E-state index contributed by atoms with van der Waals surface area (Å²) < 4.78 is 13.1. The number of carbonyl (C=O) groups is 1. The van der Waals surface area contributed by atoms with Crippen LogP contribution in [0.15, 0.2) is 84.0 Å². The SMILES string of the molecule is COc1ccc(C(=O)CSc2nnc(COc3ccc(C)cc3)n2Cc2ccccc2)cc1. The van der Waals surface area contributed by atoms with E-state index in [0.29, 0.717) is 23.1 Å². The summed E-state index contributed by atoms with van der Waals surface area (Å²) in [5.41, 5.74) is 2.94. The fourth-order valence-electron chi connectivity index (χ4n) is 3.23. The normalized spacial score (nSPS) is 10.7. The number of rotatable bonds is 10. The molecule has 1 aromatic heterocycles. The lowest BCUT2D eigenvalue weighted by atomic mass is 10.1. The highest BCUT2D eigenvalue weighted by molar-refractivity contribution is 7.99. The molecule has 7 heteroatoms. The van der Waals surface area contributed by atoms with Gasteiger partial charge in [-0.1, -0.05) is 59.8 Å². The molecule has 0 radical (unpaired) electrons. The van der Waals surface area contributed by atoms with Crippen LogP contribution in [0.5, 0.6) is 11.5 Å². The van der Waals surface area contributed by atoms with E-state index < -0.39 is 0 Å². The maximum absolute atomic E-state index is 12.7. The van der Waals surface area contributed by atoms with Gasteiger partial charge in [-0.3, -0.25) is 9.36 Å². The number of thioether (sulfide) groups is 1. The minimum Gasteiger partial charge on any atom is -0.497 e. The van der Waals surface area contributed by atoms with Crippen LogP contribution in [0.2, 0.25) is 0 Å². The molecule has 6 nitrogen and oxygen atoms in total. The lowest BCUT2D eigenvalue weighted by Gasteiger charge is -2.11. The maximum atomic E-state index is 12.7. The third-order valence-electron chi connectivity index (χ3n) is 5.11. The summed E-state index contributed by atoms with van der Waals surface area (Å²) in [5, 5.41) is 9.40. The third kappa shape index (κ3) is 6.02. The van der Waals surface area contributed by atoms with Gasteiger partial charge >= 0.3 is 0 Å². The van der Waals surface area contributed by atoms with E-state index in [1.807, 2.05) is 54.0 Å². The van der Waals surface area contributed by atoms with Crippen molar-refractivity contribution < 1.29 is 14.3 Å². The van der Waals surface area contributed by atoms with Gasteiger partial charge in [-0.15, -0.1) is 10.2 Å². The summed E-state index contributed by atoms with van der Waals surface area (Å²) in [6.07, 6.45) is 0. The van der Waals surface area contributed by atoms with Gasteiger partial charge in [0.2, 0.25) is 0 Å². The van der Waals surface area contributed by atoms with Crippen molar-refractivity contribution in [2.24, 2.45) is 0 Å². The number of hydrogen-bond acceptors (Lipinski definition) is 6. The van der Waals surface area contributed by atoms with Gasteiger partial charge in [0.05, 0.1) is 19.4 Å². The van der Waals surface area contributed by atoms with Crippen LogP contribution in [0, 0.1) is 6.92 Å². The maximum Gasteiger partial charge on any atom is 0.192 e. The zero-order chi connectivity index (χ0) is 23.0. The topological polar surface area (TPSA) is 66.2 Å². The minimum atomic E-state index is 0.0226. The van der Waals surface area contributed by atoms with Gasteiger partial charge in [-0.05, 0) is 48.9 Å². The molecule has 0 saturated carbocycles. The van der Waals surface area contributed by atoms with Gasteiger partial charge in [0.15, 0.2) is 16.8 Å². The Morgan fingerprint density at radius 3 is 2.30 bits per heavy atom. The number of methoxy groups -OCH3 is 1. The van der Waals surface area contributed by atoms with E-state index in [-0.39, 0.29) is 18.1 Å². The lowest BCUT2D eigenvalue weighted by Crippen LogP contribution is -2.10. The van der Waals surface area contributed by atoms with Crippen LogP contribution < -0.4 is 9.47 Å². The van der Waals surface area contributed by atoms with E-state index in [0.717, 1.165) is 17.1 Å². The number of benzene rings is 3. The highest BCUT2D eigenvalue weighted by Gasteiger charge is 2.16. The molecule has 0 aliphatic carbocycles. The number of Topliss-reactive ketones (excluding diaryl/α,β-unsaturated/α-hetero) is 1. The lowest BCUT2D eigenvalue weighted by molar-refractivity contribution is 0.102. The molecule has 4 aromatic rings. The van der Waals surface area contributed by atoms with Crippen LogP contribution in [0.25, 0.3) is 0 Å². The van der Waals surface area contributed by atoms with Crippen LogP contribution >= 0.6 is 11.8 Å². The van der Waals surface area contributed by atoms with E-state index in [1.54, 1.807) is 31.4 Å². The third-order valence-corrected chi connectivity index (χ3v) is 6.08. The van der Waals surface area contributed by atoms with Gasteiger partial charge < -0.3 is 9.47 Å². The molecular weight excluding hydrogens is 434 g/mol. The summed E-state index contributed by atoms with van der Waals surface area (Å²) >= 11 is 1.38. The highest BCUT2D eigenvalue weighted by atomic mass is 32.2. The molecule has 3 aromatic carbocycles. The molecule has 168 valence electrons. The molecule has 0 aliphatic rings. The summed E-state index contributed by atoms with van der Waals surface area (Å²) in [6.45, 7) is 2.92. The summed E-state index contributed by atoms with van der Waals surface area (Å²) in [4.78, 5) is 12.7. The number of ether oxygens (including phenoxy) is 2. The summed E-state index contributed by atoms with van der Waals surface area (Å²) in [5.74, 6) is 2.49. The quantitative estimate of drug-likeness (QED) is 0.240. The molecule has 0 atom stereocenters. The van der Waals surface area contributed by atoms with Crippen molar-refractivity contribution in [3.05, 3.63) is 101 Å². The standard InChI is InChI=1S/C26H25N3O3S/c1-19-8-12-23(13-9-19)32-17-25-27-28-26(29(25)16-20-6-4-3-5-7-20)33-18-24(30)21-10-14-22(31-2)15-11-21/h3-15H,16-18H2,1-2H3. The van der Waals surface area contributed by atoms with Gasteiger partial charge in [0, 0.05) is 5.56 Å². The van der Waals surface area contributed by atoms with Crippen LogP contribution in [0.1, 0.15) is 27.3 Å². The Balaban J connectivity index is 1.49. The summed E-state index contributed by atoms with van der Waals surface area (Å²) in [6, 6.07) is 25.1. The Morgan fingerprint density at radius 2 is 1.61 bits per heavy atom. The molecule has 0 aliphatic heterocycles.